The number of rotatable bonds is 10. The van der Waals surface area contributed by atoms with E-state index >= 15 is 0 Å². The Labute approximate surface area is 140 Å². The minimum atomic E-state index is -0.490. The molecule has 0 saturated heterocycles. The second-order valence-electron chi connectivity index (χ2n) is 6.51. The molecular weight excluding hydrogens is 298 g/mol. The van der Waals surface area contributed by atoms with Crippen molar-refractivity contribution in [3.63, 3.8) is 0 Å². The SMILES string of the molecule is CCN(C)C(=O)CNC(CCCNC(=O)OC(C)(C)C)COC. The van der Waals surface area contributed by atoms with Crippen LogP contribution in [0.3, 0.4) is 0 Å². The Hall–Kier alpha value is -1.34. The maximum atomic E-state index is 11.8. The Balaban J connectivity index is 4.01. The summed E-state index contributed by atoms with van der Waals surface area (Å²) >= 11 is 0. The van der Waals surface area contributed by atoms with Gasteiger partial charge in [0.1, 0.15) is 5.60 Å². The van der Waals surface area contributed by atoms with E-state index in [4.69, 9.17) is 9.47 Å². The largest absolute Gasteiger partial charge is 0.444 e. The van der Waals surface area contributed by atoms with Crippen molar-refractivity contribution in [2.75, 3.05) is 40.4 Å². The molecule has 1 unspecified atom stereocenters. The number of hydrogen-bond donors (Lipinski definition) is 2. The molecule has 0 aliphatic heterocycles. The maximum absolute atomic E-state index is 11.8. The van der Waals surface area contributed by atoms with Gasteiger partial charge in [-0.1, -0.05) is 0 Å². The summed E-state index contributed by atoms with van der Waals surface area (Å²) in [6.07, 6.45) is 1.17. The van der Waals surface area contributed by atoms with E-state index in [1.165, 1.54) is 0 Å². The molecule has 0 heterocycles. The number of likely N-dealkylation sites (N-methyl/N-ethyl adjacent to an activating group) is 1. The van der Waals surface area contributed by atoms with Crippen LogP contribution in [0.5, 0.6) is 0 Å². The first-order valence-corrected chi connectivity index (χ1v) is 8.12. The molecule has 0 saturated carbocycles. The fourth-order valence-corrected chi connectivity index (χ4v) is 1.84. The zero-order valence-electron chi connectivity index (χ0n) is 15.4. The van der Waals surface area contributed by atoms with Crippen molar-refractivity contribution in [2.45, 2.75) is 52.2 Å². The van der Waals surface area contributed by atoms with E-state index in [-0.39, 0.29) is 18.5 Å². The van der Waals surface area contributed by atoms with E-state index in [9.17, 15) is 9.59 Å². The van der Waals surface area contributed by atoms with Crippen molar-refractivity contribution >= 4 is 12.0 Å². The van der Waals surface area contributed by atoms with E-state index in [2.05, 4.69) is 10.6 Å². The van der Waals surface area contributed by atoms with Crippen molar-refractivity contribution in [1.29, 1.82) is 0 Å². The molecule has 0 fully saturated rings. The van der Waals surface area contributed by atoms with Gasteiger partial charge in [0.15, 0.2) is 0 Å². The molecule has 0 spiro atoms. The van der Waals surface area contributed by atoms with Gasteiger partial charge in [-0.05, 0) is 40.5 Å². The lowest BCUT2D eigenvalue weighted by Crippen LogP contribution is -2.42. The van der Waals surface area contributed by atoms with Crippen LogP contribution in [0.1, 0.15) is 40.5 Å². The number of methoxy groups -OCH3 is 1. The number of carbonyl (C=O) groups excluding carboxylic acids is 2. The van der Waals surface area contributed by atoms with E-state index < -0.39 is 11.7 Å². The summed E-state index contributed by atoms with van der Waals surface area (Å²) < 4.78 is 10.3. The molecule has 0 aromatic heterocycles. The van der Waals surface area contributed by atoms with Gasteiger partial charge < -0.3 is 25.0 Å². The van der Waals surface area contributed by atoms with Gasteiger partial charge in [-0.25, -0.2) is 4.79 Å². The topological polar surface area (TPSA) is 79.9 Å². The number of nitrogens with zero attached hydrogens (tertiary/aromatic N) is 1. The molecule has 0 aromatic carbocycles. The van der Waals surface area contributed by atoms with Crippen LogP contribution in [0.2, 0.25) is 0 Å². The number of amides is 2. The Morgan fingerprint density at radius 2 is 1.91 bits per heavy atom. The van der Waals surface area contributed by atoms with E-state index in [0.29, 0.717) is 19.7 Å². The molecule has 0 bridgehead atoms. The molecule has 7 heteroatoms. The van der Waals surface area contributed by atoms with Crippen LogP contribution in [-0.4, -0.2) is 68.9 Å². The third-order valence-electron chi connectivity index (χ3n) is 3.21. The molecular formula is C16H33N3O4. The fraction of sp³-hybridized carbons (Fsp3) is 0.875. The minimum Gasteiger partial charge on any atom is -0.444 e. The normalized spacial score (nSPS) is 12.6. The predicted octanol–water partition coefficient (Wildman–Crippen LogP) is 1.37. The highest BCUT2D eigenvalue weighted by Gasteiger charge is 2.16. The van der Waals surface area contributed by atoms with Crippen LogP contribution in [-0.2, 0) is 14.3 Å². The van der Waals surface area contributed by atoms with Gasteiger partial charge in [-0.15, -0.1) is 0 Å². The van der Waals surface area contributed by atoms with Gasteiger partial charge in [0.05, 0.1) is 13.2 Å². The number of ether oxygens (including phenoxy) is 2. The maximum Gasteiger partial charge on any atom is 0.407 e. The summed E-state index contributed by atoms with van der Waals surface area (Å²) in [6, 6.07) is 0.0784. The van der Waals surface area contributed by atoms with Gasteiger partial charge in [-0.2, -0.15) is 0 Å². The molecule has 136 valence electrons. The molecule has 1 atom stereocenters. The average molecular weight is 331 g/mol. The molecule has 23 heavy (non-hydrogen) atoms. The zero-order chi connectivity index (χ0) is 17.9. The number of nitrogens with one attached hydrogen (secondary N) is 2. The van der Waals surface area contributed by atoms with Crippen LogP contribution < -0.4 is 10.6 Å². The third-order valence-corrected chi connectivity index (χ3v) is 3.21. The summed E-state index contributed by atoms with van der Waals surface area (Å²) in [6.45, 7) is 9.45. The molecule has 0 radical (unpaired) electrons. The van der Waals surface area contributed by atoms with Crippen molar-refractivity contribution < 1.29 is 19.1 Å². The molecule has 0 aromatic rings. The lowest BCUT2D eigenvalue weighted by molar-refractivity contribution is -0.128. The Morgan fingerprint density at radius 3 is 2.43 bits per heavy atom. The predicted molar refractivity (Wildman–Crippen MR) is 90.4 cm³/mol. The van der Waals surface area contributed by atoms with Crippen molar-refractivity contribution in [3.05, 3.63) is 0 Å². The van der Waals surface area contributed by atoms with Crippen LogP contribution in [0, 0.1) is 0 Å². The standard InChI is InChI=1S/C16H33N3O4/c1-7-19(5)14(20)11-18-13(12-22-6)9-8-10-17-15(21)23-16(2,3)4/h13,18H,7-12H2,1-6H3,(H,17,21). The zero-order valence-corrected chi connectivity index (χ0v) is 15.4. The Kier molecular flexibility index (Phi) is 10.6. The Bertz CT molecular complexity index is 356. The Morgan fingerprint density at radius 1 is 1.26 bits per heavy atom. The first kappa shape index (κ1) is 21.7. The average Bonchev–Trinajstić information content (AvgIpc) is 2.45. The molecule has 0 aliphatic carbocycles. The van der Waals surface area contributed by atoms with E-state index in [1.807, 2.05) is 27.7 Å². The second-order valence-corrected chi connectivity index (χ2v) is 6.51. The van der Waals surface area contributed by atoms with Crippen molar-refractivity contribution in [1.82, 2.24) is 15.5 Å². The van der Waals surface area contributed by atoms with Gasteiger partial charge in [0.2, 0.25) is 5.91 Å². The molecule has 7 nitrogen and oxygen atoms in total. The van der Waals surface area contributed by atoms with Crippen LogP contribution in [0.25, 0.3) is 0 Å². The third kappa shape index (κ3) is 11.8. The van der Waals surface area contributed by atoms with Crippen LogP contribution in [0.15, 0.2) is 0 Å². The van der Waals surface area contributed by atoms with Gasteiger partial charge in [0, 0.05) is 33.3 Å². The summed E-state index contributed by atoms with van der Waals surface area (Å²) in [5.41, 5.74) is -0.490. The fourth-order valence-electron chi connectivity index (χ4n) is 1.84. The smallest absolute Gasteiger partial charge is 0.407 e. The highest BCUT2D eigenvalue weighted by molar-refractivity contribution is 5.77. The molecule has 2 amide bonds. The summed E-state index contributed by atoms with van der Waals surface area (Å²) in [5.74, 6) is 0.0560. The second kappa shape index (κ2) is 11.2. The molecule has 0 aliphatic rings. The van der Waals surface area contributed by atoms with Gasteiger partial charge in [0.25, 0.3) is 0 Å². The van der Waals surface area contributed by atoms with Gasteiger partial charge in [-0.3, -0.25) is 4.79 Å². The van der Waals surface area contributed by atoms with Crippen molar-refractivity contribution in [2.24, 2.45) is 0 Å². The summed E-state index contributed by atoms with van der Waals surface area (Å²) in [7, 11) is 3.41. The molecule has 2 N–H and O–H groups in total. The molecule has 0 rings (SSSR count). The lowest BCUT2D eigenvalue weighted by atomic mass is 10.1. The number of alkyl carbamates (subject to hydrolysis) is 1. The highest BCUT2D eigenvalue weighted by atomic mass is 16.6. The van der Waals surface area contributed by atoms with Crippen LogP contribution >= 0.6 is 0 Å². The van der Waals surface area contributed by atoms with Crippen molar-refractivity contribution in [3.8, 4) is 0 Å². The van der Waals surface area contributed by atoms with Gasteiger partial charge >= 0.3 is 6.09 Å². The monoisotopic (exact) mass is 331 g/mol. The number of hydrogen-bond acceptors (Lipinski definition) is 5. The quantitative estimate of drug-likeness (QED) is 0.591. The van der Waals surface area contributed by atoms with Crippen LogP contribution in [0.4, 0.5) is 4.79 Å². The first-order valence-electron chi connectivity index (χ1n) is 8.12. The minimum absolute atomic E-state index is 0.0560. The lowest BCUT2D eigenvalue weighted by Gasteiger charge is -2.21. The summed E-state index contributed by atoms with van der Waals surface area (Å²) in [5, 5.41) is 5.93. The summed E-state index contributed by atoms with van der Waals surface area (Å²) in [4.78, 5) is 25.0. The van der Waals surface area contributed by atoms with E-state index in [0.717, 1.165) is 12.8 Å². The first-order chi connectivity index (χ1) is 10.7. The highest BCUT2D eigenvalue weighted by Crippen LogP contribution is 2.06. The number of carbonyl (C=O) groups is 2. The van der Waals surface area contributed by atoms with E-state index in [1.54, 1.807) is 19.1 Å².